The molecule has 0 spiro atoms. The Morgan fingerprint density at radius 2 is 2.00 bits per heavy atom. The van der Waals surface area contributed by atoms with Gasteiger partial charge in [-0.05, 0) is 31.5 Å². The molecule has 0 fully saturated rings. The van der Waals surface area contributed by atoms with E-state index in [-0.39, 0.29) is 0 Å². The molecule has 0 saturated carbocycles. The van der Waals surface area contributed by atoms with Gasteiger partial charge in [0.1, 0.15) is 11.3 Å². The molecule has 62 valence electrons. The second-order valence-electron chi connectivity index (χ2n) is 2.90. The Bertz CT molecular complexity index is 429. The summed E-state index contributed by atoms with van der Waals surface area (Å²) < 4.78 is 5.50. The summed E-state index contributed by atoms with van der Waals surface area (Å²) in [6.45, 7) is 3.97. The Labute approximate surface area is 75.9 Å². The van der Waals surface area contributed by atoms with Crippen molar-refractivity contribution in [3.8, 4) is 0 Å². The lowest BCUT2D eigenvalue weighted by molar-refractivity contribution is 0.575. The summed E-state index contributed by atoms with van der Waals surface area (Å²) in [6.07, 6.45) is 0. The second kappa shape index (κ2) is 2.53. The Balaban J connectivity index is 2.97. The lowest BCUT2D eigenvalue weighted by Crippen LogP contribution is -1.71. The molecular weight excluding hydrogens is 172 g/mol. The number of furan rings is 1. The van der Waals surface area contributed by atoms with Crippen LogP contribution in [0.25, 0.3) is 11.0 Å². The maximum Gasteiger partial charge on any atom is 0.136 e. The van der Waals surface area contributed by atoms with Crippen LogP contribution in [0.1, 0.15) is 11.3 Å². The van der Waals surface area contributed by atoms with Gasteiger partial charge in [-0.3, -0.25) is 0 Å². The highest BCUT2D eigenvalue weighted by Gasteiger charge is 2.08. The van der Waals surface area contributed by atoms with Crippen LogP contribution in [0.2, 0.25) is 5.02 Å². The molecule has 1 aromatic carbocycles. The smallest absolute Gasteiger partial charge is 0.136 e. The van der Waals surface area contributed by atoms with E-state index in [9.17, 15) is 0 Å². The molecule has 2 heteroatoms. The number of benzene rings is 1. The third-order valence-corrected chi connectivity index (χ3v) is 2.46. The van der Waals surface area contributed by atoms with Crippen molar-refractivity contribution in [3.63, 3.8) is 0 Å². The molecule has 0 bridgehead atoms. The van der Waals surface area contributed by atoms with Crippen LogP contribution in [0.4, 0.5) is 0 Å². The van der Waals surface area contributed by atoms with Gasteiger partial charge in [-0.1, -0.05) is 17.7 Å². The normalized spacial score (nSPS) is 10.9. The zero-order valence-corrected chi connectivity index (χ0v) is 7.77. The van der Waals surface area contributed by atoms with Crippen molar-refractivity contribution in [2.45, 2.75) is 13.8 Å². The fourth-order valence-corrected chi connectivity index (χ4v) is 1.68. The molecule has 0 aliphatic carbocycles. The first-order chi connectivity index (χ1) is 5.70. The summed E-state index contributed by atoms with van der Waals surface area (Å²) in [5.74, 6) is 0.943. The largest absolute Gasteiger partial charge is 0.461 e. The zero-order chi connectivity index (χ0) is 8.72. The second-order valence-corrected chi connectivity index (χ2v) is 3.30. The molecule has 1 heterocycles. The first-order valence-corrected chi connectivity index (χ1v) is 4.22. The van der Waals surface area contributed by atoms with Crippen molar-refractivity contribution >= 4 is 22.6 Å². The fourth-order valence-electron chi connectivity index (χ4n) is 1.37. The van der Waals surface area contributed by atoms with Crippen molar-refractivity contribution in [2.75, 3.05) is 0 Å². The van der Waals surface area contributed by atoms with Gasteiger partial charge in [-0.15, -0.1) is 0 Å². The SMILES string of the molecule is Cc1oc2cccc(Cl)c2c1C. The zero-order valence-electron chi connectivity index (χ0n) is 7.02. The lowest BCUT2D eigenvalue weighted by Gasteiger charge is -1.91. The van der Waals surface area contributed by atoms with E-state index >= 15 is 0 Å². The van der Waals surface area contributed by atoms with Gasteiger partial charge < -0.3 is 4.42 Å². The van der Waals surface area contributed by atoms with Crippen molar-refractivity contribution in [1.82, 2.24) is 0 Å². The van der Waals surface area contributed by atoms with Crippen LogP contribution in [-0.2, 0) is 0 Å². The standard InChI is InChI=1S/C10H9ClO/c1-6-7(2)12-9-5-3-4-8(11)10(6)9/h3-5H,1-2H3. The van der Waals surface area contributed by atoms with Gasteiger partial charge in [0, 0.05) is 5.39 Å². The van der Waals surface area contributed by atoms with Crippen LogP contribution >= 0.6 is 11.6 Å². The van der Waals surface area contributed by atoms with Crippen molar-refractivity contribution in [3.05, 3.63) is 34.5 Å². The molecule has 0 N–H and O–H groups in total. The predicted octanol–water partition coefficient (Wildman–Crippen LogP) is 3.70. The van der Waals surface area contributed by atoms with Gasteiger partial charge in [-0.25, -0.2) is 0 Å². The lowest BCUT2D eigenvalue weighted by atomic mass is 10.1. The number of fused-ring (bicyclic) bond motifs is 1. The molecule has 0 unspecified atom stereocenters. The average Bonchev–Trinajstić information content (AvgIpc) is 2.29. The van der Waals surface area contributed by atoms with E-state index in [2.05, 4.69) is 0 Å². The van der Waals surface area contributed by atoms with Gasteiger partial charge in [0.2, 0.25) is 0 Å². The van der Waals surface area contributed by atoms with Crippen LogP contribution in [0.15, 0.2) is 22.6 Å². The number of hydrogen-bond donors (Lipinski definition) is 0. The van der Waals surface area contributed by atoms with Crippen LogP contribution in [0.5, 0.6) is 0 Å². The summed E-state index contributed by atoms with van der Waals surface area (Å²) in [4.78, 5) is 0. The van der Waals surface area contributed by atoms with Crippen molar-refractivity contribution in [1.29, 1.82) is 0 Å². The number of rotatable bonds is 0. The summed E-state index contributed by atoms with van der Waals surface area (Å²) in [5.41, 5.74) is 2.01. The maximum absolute atomic E-state index is 6.02. The predicted molar refractivity (Wildman–Crippen MR) is 50.7 cm³/mol. The fraction of sp³-hybridized carbons (Fsp3) is 0.200. The first kappa shape index (κ1) is 7.69. The van der Waals surface area contributed by atoms with Gasteiger partial charge in [0.25, 0.3) is 0 Å². The third-order valence-electron chi connectivity index (χ3n) is 2.14. The maximum atomic E-state index is 6.02. The minimum Gasteiger partial charge on any atom is -0.461 e. The van der Waals surface area contributed by atoms with E-state index in [1.165, 1.54) is 0 Å². The van der Waals surface area contributed by atoms with Crippen LogP contribution in [-0.4, -0.2) is 0 Å². The van der Waals surface area contributed by atoms with E-state index < -0.39 is 0 Å². The Morgan fingerprint density at radius 1 is 1.25 bits per heavy atom. The first-order valence-electron chi connectivity index (χ1n) is 3.84. The van der Waals surface area contributed by atoms with E-state index in [1.54, 1.807) is 0 Å². The van der Waals surface area contributed by atoms with Crippen LogP contribution in [0.3, 0.4) is 0 Å². The topological polar surface area (TPSA) is 13.1 Å². The molecule has 2 rings (SSSR count). The molecule has 12 heavy (non-hydrogen) atoms. The van der Waals surface area contributed by atoms with Crippen molar-refractivity contribution < 1.29 is 4.42 Å². The van der Waals surface area contributed by atoms with E-state index in [0.29, 0.717) is 0 Å². The molecule has 0 amide bonds. The highest BCUT2D eigenvalue weighted by molar-refractivity contribution is 6.35. The van der Waals surface area contributed by atoms with Gasteiger partial charge in [-0.2, -0.15) is 0 Å². The molecule has 0 saturated heterocycles. The molecular formula is C10H9ClO. The molecule has 2 aromatic rings. The minimum absolute atomic E-state index is 0.766. The number of halogens is 1. The van der Waals surface area contributed by atoms with Gasteiger partial charge in [0.05, 0.1) is 5.02 Å². The third kappa shape index (κ3) is 0.935. The molecule has 0 aliphatic heterocycles. The van der Waals surface area contributed by atoms with Crippen LogP contribution < -0.4 is 0 Å². The van der Waals surface area contributed by atoms with E-state index in [1.807, 2.05) is 32.0 Å². The van der Waals surface area contributed by atoms with Gasteiger partial charge >= 0.3 is 0 Å². The summed E-state index contributed by atoms with van der Waals surface area (Å²) in [6, 6.07) is 5.71. The highest BCUT2D eigenvalue weighted by atomic mass is 35.5. The monoisotopic (exact) mass is 180 g/mol. The molecule has 1 nitrogen and oxygen atoms in total. The van der Waals surface area contributed by atoms with Crippen LogP contribution in [0, 0.1) is 13.8 Å². The average molecular weight is 181 g/mol. The number of hydrogen-bond acceptors (Lipinski definition) is 1. The Morgan fingerprint density at radius 3 is 2.67 bits per heavy atom. The van der Waals surface area contributed by atoms with Gasteiger partial charge in [0.15, 0.2) is 0 Å². The molecule has 0 aliphatic rings. The Kier molecular flexibility index (Phi) is 1.62. The minimum atomic E-state index is 0.766. The highest BCUT2D eigenvalue weighted by Crippen LogP contribution is 2.30. The number of aryl methyl sites for hydroxylation is 2. The summed E-state index contributed by atoms with van der Waals surface area (Å²) >= 11 is 6.02. The van der Waals surface area contributed by atoms with E-state index in [4.69, 9.17) is 16.0 Å². The Hall–Kier alpha value is -0.950. The van der Waals surface area contributed by atoms with E-state index in [0.717, 1.165) is 27.3 Å². The molecule has 0 radical (unpaired) electrons. The molecule has 0 atom stereocenters. The summed E-state index contributed by atoms with van der Waals surface area (Å²) in [5, 5.41) is 1.80. The quantitative estimate of drug-likeness (QED) is 0.603. The molecule has 1 aromatic heterocycles. The van der Waals surface area contributed by atoms with Crippen molar-refractivity contribution in [2.24, 2.45) is 0 Å². The summed E-state index contributed by atoms with van der Waals surface area (Å²) in [7, 11) is 0.